The second-order valence-corrected chi connectivity index (χ2v) is 5.59. The van der Waals surface area contributed by atoms with Gasteiger partial charge in [-0.05, 0) is 43.3 Å². The molecule has 2 N–H and O–H groups in total. The van der Waals surface area contributed by atoms with Crippen LogP contribution in [0.25, 0.3) is 0 Å². The summed E-state index contributed by atoms with van der Waals surface area (Å²) in [6.07, 6.45) is 0. The van der Waals surface area contributed by atoms with Crippen molar-refractivity contribution in [1.29, 1.82) is 0 Å². The molecule has 1 aromatic heterocycles. The zero-order valence-corrected chi connectivity index (χ0v) is 12.1. The Morgan fingerprint density at radius 2 is 2.11 bits per heavy atom. The molecule has 0 radical (unpaired) electrons. The molecule has 2 rings (SSSR count). The summed E-state index contributed by atoms with van der Waals surface area (Å²) in [7, 11) is 1.93. The Morgan fingerprint density at radius 3 is 2.61 bits per heavy atom. The summed E-state index contributed by atoms with van der Waals surface area (Å²) < 4.78 is 1.93. The van der Waals surface area contributed by atoms with Crippen molar-refractivity contribution in [2.75, 3.05) is 0 Å². The van der Waals surface area contributed by atoms with E-state index in [0.717, 1.165) is 21.4 Å². The zero-order chi connectivity index (χ0) is 13.3. The largest absolute Gasteiger partial charge is 0.324 e. The van der Waals surface area contributed by atoms with Crippen molar-refractivity contribution in [2.45, 2.75) is 29.9 Å². The Hall–Kier alpha value is -1.04. The minimum atomic E-state index is -0.0152. The Bertz CT molecular complexity index is 565. The Kier molecular flexibility index (Phi) is 3.94. The molecule has 2 aromatic rings. The number of nitrogens with zero attached hydrogens (tertiary/aromatic N) is 3. The van der Waals surface area contributed by atoms with Gasteiger partial charge in [0.1, 0.15) is 5.82 Å². The van der Waals surface area contributed by atoms with E-state index in [2.05, 4.69) is 10.2 Å². The van der Waals surface area contributed by atoms with Gasteiger partial charge in [-0.2, -0.15) is 0 Å². The second kappa shape index (κ2) is 5.30. The smallest absolute Gasteiger partial charge is 0.195 e. The molecule has 0 saturated carbocycles. The molecular weight excluding hydrogens is 268 g/mol. The molecule has 0 aliphatic rings. The highest BCUT2D eigenvalue weighted by Crippen LogP contribution is 2.33. The van der Waals surface area contributed by atoms with Gasteiger partial charge in [0.15, 0.2) is 5.16 Å². The SMILES string of the molecule is Cc1nnc(Sc2ccc([C@H](C)N)cc2Cl)n1C. The highest BCUT2D eigenvalue weighted by Gasteiger charge is 2.11. The van der Waals surface area contributed by atoms with Crippen LogP contribution in [0.1, 0.15) is 24.4 Å². The summed E-state index contributed by atoms with van der Waals surface area (Å²) in [6.45, 7) is 3.85. The minimum Gasteiger partial charge on any atom is -0.324 e. The lowest BCUT2D eigenvalue weighted by Gasteiger charge is -2.09. The number of benzene rings is 1. The fraction of sp³-hybridized carbons (Fsp3) is 0.333. The summed E-state index contributed by atoms with van der Waals surface area (Å²) in [4.78, 5) is 0.955. The third-order valence-corrected chi connectivity index (χ3v) is 4.27. The molecule has 18 heavy (non-hydrogen) atoms. The maximum Gasteiger partial charge on any atom is 0.195 e. The lowest BCUT2D eigenvalue weighted by molar-refractivity contribution is 0.765. The molecule has 96 valence electrons. The number of nitrogens with two attached hydrogens (primary N) is 1. The number of halogens is 1. The third-order valence-electron chi connectivity index (χ3n) is 2.74. The summed E-state index contributed by atoms with van der Waals surface area (Å²) >= 11 is 7.75. The van der Waals surface area contributed by atoms with Gasteiger partial charge in [0.05, 0.1) is 5.02 Å². The number of hydrogen-bond donors (Lipinski definition) is 1. The molecule has 0 bridgehead atoms. The van der Waals surface area contributed by atoms with Crippen molar-refractivity contribution in [3.8, 4) is 0 Å². The molecule has 1 atom stereocenters. The van der Waals surface area contributed by atoms with Gasteiger partial charge in [0.2, 0.25) is 0 Å². The van der Waals surface area contributed by atoms with E-state index in [1.54, 1.807) is 0 Å². The van der Waals surface area contributed by atoms with E-state index >= 15 is 0 Å². The minimum absolute atomic E-state index is 0.0152. The fourth-order valence-electron chi connectivity index (χ4n) is 1.46. The average molecular weight is 283 g/mol. The molecule has 4 nitrogen and oxygen atoms in total. The Morgan fingerprint density at radius 1 is 1.39 bits per heavy atom. The van der Waals surface area contributed by atoms with Crippen LogP contribution in [-0.2, 0) is 7.05 Å². The van der Waals surface area contributed by atoms with Gasteiger partial charge in [-0.3, -0.25) is 0 Å². The summed E-state index contributed by atoms with van der Waals surface area (Å²) in [5.41, 5.74) is 6.85. The molecule has 0 aliphatic carbocycles. The zero-order valence-electron chi connectivity index (χ0n) is 10.5. The van der Waals surface area contributed by atoms with E-state index < -0.39 is 0 Å². The number of aromatic nitrogens is 3. The molecule has 0 spiro atoms. The molecule has 1 aromatic carbocycles. The van der Waals surface area contributed by atoms with E-state index in [1.807, 2.05) is 43.7 Å². The number of hydrogen-bond acceptors (Lipinski definition) is 4. The van der Waals surface area contributed by atoms with Crippen LogP contribution in [0.4, 0.5) is 0 Å². The van der Waals surface area contributed by atoms with E-state index in [4.69, 9.17) is 17.3 Å². The molecule has 0 unspecified atom stereocenters. The summed E-state index contributed by atoms with van der Waals surface area (Å²) in [5, 5.41) is 9.63. The molecule has 0 amide bonds. The summed E-state index contributed by atoms with van der Waals surface area (Å²) in [6, 6.07) is 5.84. The van der Waals surface area contributed by atoms with Crippen molar-refractivity contribution >= 4 is 23.4 Å². The van der Waals surface area contributed by atoms with Crippen LogP contribution in [0.2, 0.25) is 5.02 Å². The van der Waals surface area contributed by atoms with Gasteiger partial charge < -0.3 is 10.3 Å². The van der Waals surface area contributed by atoms with Crippen molar-refractivity contribution in [3.63, 3.8) is 0 Å². The predicted molar refractivity (Wildman–Crippen MR) is 73.9 cm³/mol. The standard InChI is InChI=1S/C12H15ClN4S/c1-7(14)9-4-5-11(10(13)6-9)18-12-16-15-8(2)17(12)3/h4-7H,14H2,1-3H3/t7-/m0/s1. The molecular formula is C12H15ClN4S. The second-order valence-electron chi connectivity index (χ2n) is 4.17. The van der Waals surface area contributed by atoms with Crippen LogP contribution in [0, 0.1) is 6.92 Å². The van der Waals surface area contributed by atoms with Crippen molar-refractivity contribution in [3.05, 3.63) is 34.6 Å². The third kappa shape index (κ3) is 2.68. The van der Waals surface area contributed by atoms with Crippen LogP contribution in [-0.4, -0.2) is 14.8 Å². The highest BCUT2D eigenvalue weighted by atomic mass is 35.5. The van der Waals surface area contributed by atoms with Crippen LogP contribution in [0.15, 0.2) is 28.3 Å². The van der Waals surface area contributed by atoms with E-state index in [9.17, 15) is 0 Å². The van der Waals surface area contributed by atoms with Gasteiger partial charge in [0.25, 0.3) is 0 Å². The van der Waals surface area contributed by atoms with Gasteiger partial charge in [-0.25, -0.2) is 0 Å². The number of aryl methyl sites for hydroxylation is 1. The van der Waals surface area contributed by atoms with Gasteiger partial charge in [0, 0.05) is 18.0 Å². The predicted octanol–water partition coefficient (Wildman–Crippen LogP) is 2.95. The van der Waals surface area contributed by atoms with Crippen molar-refractivity contribution in [1.82, 2.24) is 14.8 Å². The quantitative estimate of drug-likeness (QED) is 0.940. The molecule has 1 heterocycles. The van der Waals surface area contributed by atoms with Crippen LogP contribution < -0.4 is 5.73 Å². The van der Waals surface area contributed by atoms with Crippen LogP contribution >= 0.6 is 23.4 Å². The molecule has 0 saturated heterocycles. The molecule has 0 fully saturated rings. The first kappa shape index (κ1) is 13.4. The monoisotopic (exact) mass is 282 g/mol. The van der Waals surface area contributed by atoms with Gasteiger partial charge in [-0.1, -0.05) is 17.7 Å². The highest BCUT2D eigenvalue weighted by molar-refractivity contribution is 7.99. The lowest BCUT2D eigenvalue weighted by atomic mass is 10.1. The topological polar surface area (TPSA) is 56.7 Å². The van der Waals surface area contributed by atoms with E-state index in [-0.39, 0.29) is 6.04 Å². The average Bonchev–Trinajstić information content (AvgIpc) is 2.63. The Labute approximate surface area is 116 Å². The first-order chi connectivity index (χ1) is 8.49. The van der Waals surface area contributed by atoms with Crippen LogP contribution in [0.5, 0.6) is 0 Å². The van der Waals surface area contributed by atoms with E-state index in [0.29, 0.717) is 5.02 Å². The lowest BCUT2D eigenvalue weighted by Crippen LogP contribution is -2.04. The summed E-state index contributed by atoms with van der Waals surface area (Å²) in [5.74, 6) is 0.876. The maximum atomic E-state index is 6.25. The Balaban J connectivity index is 2.27. The van der Waals surface area contributed by atoms with Crippen LogP contribution in [0.3, 0.4) is 0 Å². The molecule has 0 aliphatic heterocycles. The first-order valence-corrected chi connectivity index (χ1v) is 6.77. The fourth-order valence-corrected chi connectivity index (χ4v) is 2.60. The first-order valence-electron chi connectivity index (χ1n) is 5.58. The van der Waals surface area contributed by atoms with Crippen molar-refractivity contribution in [2.24, 2.45) is 12.8 Å². The maximum absolute atomic E-state index is 6.25. The van der Waals surface area contributed by atoms with E-state index in [1.165, 1.54) is 11.8 Å². The number of rotatable bonds is 3. The van der Waals surface area contributed by atoms with Gasteiger partial charge in [-0.15, -0.1) is 10.2 Å². The van der Waals surface area contributed by atoms with Gasteiger partial charge >= 0.3 is 0 Å². The molecule has 6 heteroatoms. The normalized spacial score (nSPS) is 12.7. The van der Waals surface area contributed by atoms with Crippen molar-refractivity contribution < 1.29 is 0 Å².